The third-order valence-electron chi connectivity index (χ3n) is 4.25. The minimum Gasteiger partial charge on any atom is -0.325 e. The highest BCUT2D eigenvalue weighted by Gasteiger charge is 2.48. The largest absolute Gasteiger partial charge is 0.325 e. The monoisotopic (exact) mass is 386 g/mol. The van der Waals surface area contributed by atoms with E-state index in [4.69, 9.17) is 0 Å². The number of nitrogens with one attached hydrogen (secondary N) is 2. The van der Waals surface area contributed by atoms with Gasteiger partial charge in [-0.3, -0.25) is 4.79 Å². The first kappa shape index (κ1) is 19.3. The van der Waals surface area contributed by atoms with Crippen molar-refractivity contribution in [3.8, 4) is 5.69 Å². The molecule has 1 aromatic carbocycles. The molecule has 9 nitrogen and oxygen atoms in total. The summed E-state index contributed by atoms with van der Waals surface area (Å²) < 4.78 is 24.6. The summed E-state index contributed by atoms with van der Waals surface area (Å²) in [5, 5.41) is 16.7. The van der Waals surface area contributed by atoms with Gasteiger partial charge in [-0.25, -0.2) is 13.1 Å². The highest BCUT2D eigenvalue weighted by molar-refractivity contribution is 7.92. The first-order valence-electron chi connectivity index (χ1n) is 7.48. The number of anilines is 1. The molecule has 2 aromatic rings. The molecule has 136 valence electrons. The van der Waals surface area contributed by atoms with Crippen LogP contribution in [0.15, 0.2) is 30.6 Å². The second-order valence-electron chi connectivity index (χ2n) is 5.78. The van der Waals surface area contributed by atoms with E-state index in [1.165, 1.54) is 11.0 Å². The second-order valence-corrected chi connectivity index (χ2v) is 8.10. The van der Waals surface area contributed by atoms with Gasteiger partial charge in [-0.15, -0.1) is 17.5 Å². The van der Waals surface area contributed by atoms with Gasteiger partial charge in [0.15, 0.2) is 14.6 Å². The summed E-state index contributed by atoms with van der Waals surface area (Å²) in [5.41, 5.74) is 1.16. The van der Waals surface area contributed by atoms with Crippen LogP contribution in [0.25, 0.3) is 5.69 Å². The van der Waals surface area contributed by atoms with Gasteiger partial charge in [-0.1, -0.05) is 6.07 Å². The van der Waals surface area contributed by atoms with E-state index in [0.29, 0.717) is 24.5 Å². The summed E-state index contributed by atoms with van der Waals surface area (Å²) in [6.07, 6.45) is 3.07. The van der Waals surface area contributed by atoms with Gasteiger partial charge in [0.25, 0.3) is 0 Å². The molecule has 25 heavy (non-hydrogen) atoms. The standard InChI is InChI=1S/C14H18N6O3S.ClH/c1-24(22,23)14(5-7-15-8-6-14)13(21)17-11-3-2-4-12(9-11)20-10-16-18-19-20;/h2-4,9-10,15H,5-8H2,1H3,(H,17,21);1H. The van der Waals surface area contributed by atoms with E-state index in [2.05, 4.69) is 26.2 Å². The number of aromatic nitrogens is 4. The number of hydrogen-bond donors (Lipinski definition) is 2. The van der Waals surface area contributed by atoms with E-state index in [1.54, 1.807) is 24.3 Å². The molecule has 11 heteroatoms. The van der Waals surface area contributed by atoms with Gasteiger partial charge in [0.1, 0.15) is 6.33 Å². The third kappa shape index (κ3) is 3.80. The molecule has 3 rings (SSSR count). The molecule has 0 atom stereocenters. The Bertz CT molecular complexity index is 834. The third-order valence-corrected chi connectivity index (χ3v) is 6.27. The molecular formula is C14H19ClN6O3S. The van der Waals surface area contributed by atoms with Crippen LogP contribution in [0.1, 0.15) is 12.8 Å². The highest BCUT2D eigenvalue weighted by Crippen LogP contribution is 2.29. The minimum atomic E-state index is -3.55. The number of tetrazole rings is 1. The van der Waals surface area contributed by atoms with Gasteiger partial charge in [0, 0.05) is 11.9 Å². The van der Waals surface area contributed by atoms with Crippen LogP contribution in [0.3, 0.4) is 0 Å². The van der Waals surface area contributed by atoms with Crippen LogP contribution in [-0.4, -0.2) is 58.6 Å². The van der Waals surface area contributed by atoms with Crippen molar-refractivity contribution in [3.63, 3.8) is 0 Å². The van der Waals surface area contributed by atoms with Gasteiger partial charge >= 0.3 is 0 Å². The van der Waals surface area contributed by atoms with Crippen LogP contribution in [-0.2, 0) is 14.6 Å². The van der Waals surface area contributed by atoms with E-state index in [0.717, 1.165) is 6.26 Å². The minimum absolute atomic E-state index is 0. The Morgan fingerprint density at radius 2 is 2.04 bits per heavy atom. The zero-order chi connectivity index (χ0) is 17.2. The highest BCUT2D eigenvalue weighted by atomic mass is 35.5. The average Bonchev–Trinajstić information content (AvgIpc) is 3.09. The van der Waals surface area contributed by atoms with Crippen LogP contribution in [0.4, 0.5) is 5.69 Å². The number of halogens is 1. The Morgan fingerprint density at radius 1 is 1.32 bits per heavy atom. The lowest BCUT2D eigenvalue weighted by molar-refractivity contribution is -0.119. The van der Waals surface area contributed by atoms with Crippen molar-refractivity contribution in [2.24, 2.45) is 0 Å². The maximum atomic E-state index is 12.8. The fourth-order valence-corrected chi connectivity index (χ4v) is 4.18. The van der Waals surface area contributed by atoms with Crippen molar-refractivity contribution in [2.45, 2.75) is 17.6 Å². The molecule has 0 bridgehead atoms. The molecule has 1 amide bonds. The summed E-state index contributed by atoms with van der Waals surface area (Å²) in [6.45, 7) is 0.982. The second kappa shape index (κ2) is 7.46. The van der Waals surface area contributed by atoms with Crippen molar-refractivity contribution in [1.82, 2.24) is 25.5 Å². The van der Waals surface area contributed by atoms with Gasteiger partial charge in [-0.2, -0.15) is 0 Å². The maximum Gasteiger partial charge on any atom is 0.245 e. The van der Waals surface area contributed by atoms with E-state index >= 15 is 0 Å². The van der Waals surface area contributed by atoms with E-state index in [-0.39, 0.29) is 25.2 Å². The van der Waals surface area contributed by atoms with Crippen molar-refractivity contribution in [3.05, 3.63) is 30.6 Å². The van der Waals surface area contributed by atoms with Crippen LogP contribution in [0, 0.1) is 0 Å². The molecule has 0 aliphatic carbocycles. The van der Waals surface area contributed by atoms with Crippen LogP contribution in [0.2, 0.25) is 0 Å². The molecule has 2 heterocycles. The molecule has 1 saturated heterocycles. The molecule has 0 unspecified atom stereocenters. The summed E-state index contributed by atoms with van der Waals surface area (Å²) in [5.74, 6) is -0.500. The predicted octanol–water partition coefficient (Wildman–Crippen LogP) is 0.189. The van der Waals surface area contributed by atoms with Crippen molar-refractivity contribution >= 4 is 33.8 Å². The quantitative estimate of drug-likeness (QED) is 0.769. The van der Waals surface area contributed by atoms with E-state index in [1.807, 2.05) is 0 Å². The summed E-state index contributed by atoms with van der Waals surface area (Å²) >= 11 is 0. The number of benzene rings is 1. The van der Waals surface area contributed by atoms with Crippen molar-refractivity contribution in [1.29, 1.82) is 0 Å². The fraction of sp³-hybridized carbons (Fsp3) is 0.429. The molecule has 0 radical (unpaired) electrons. The Hall–Kier alpha value is -2.04. The molecule has 2 N–H and O–H groups in total. The first-order chi connectivity index (χ1) is 11.4. The molecule has 1 aliphatic rings. The van der Waals surface area contributed by atoms with Gasteiger partial charge in [-0.05, 0) is 54.6 Å². The lowest BCUT2D eigenvalue weighted by atomic mass is 9.95. The van der Waals surface area contributed by atoms with Gasteiger partial charge in [0.05, 0.1) is 5.69 Å². The van der Waals surface area contributed by atoms with Gasteiger partial charge in [0.2, 0.25) is 5.91 Å². The van der Waals surface area contributed by atoms with Crippen molar-refractivity contribution < 1.29 is 13.2 Å². The maximum absolute atomic E-state index is 12.8. The molecule has 1 aromatic heterocycles. The van der Waals surface area contributed by atoms with Crippen LogP contribution in [0.5, 0.6) is 0 Å². The Balaban J connectivity index is 0.00000225. The molecular weight excluding hydrogens is 368 g/mol. The Kier molecular flexibility index (Phi) is 5.76. The summed E-state index contributed by atoms with van der Waals surface area (Å²) in [7, 11) is -3.55. The first-order valence-corrected chi connectivity index (χ1v) is 9.37. The SMILES string of the molecule is CS(=O)(=O)C1(C(=O)Nc2cccc(-n3cnnn3)c2)CCNCC1.Cl. The lowest BCUT2D eigenvalue weighted by Gasteiger charge is -2.34. The van der Waals surface area contributed by atoms with E-state index in [9.17, 15) is 13.2 Å². The summed E-state index contributed by atoms with van der Waals surface area (Å²) in [6, 6.07) is 6.90. The van der Waals surface area contributed by atoms with E-state index < -0.39 is 20.5 Å². The molecule has 0 saturated carbocycles. The number of hydrogen-bond acceptors (Lipinski definition) is 7. The normalized spacial score (nSPS) is 16.7. The number of nitrogens with zero attached hydrogens (tertiary/aromatic N) is 4. The number of piperidine rings is 1. The zero-order valence-electron chi connectivity index (χ0n) is 13.5. The number of sulfone groups is 1. The summed E-state index contributed by atoms with van der Waals surface area (Å²) in [4.78, 5) is 12.8. The number of amides is 1. The smallest absolute Gasteiger partial charge is 0.245 e. The van der Waals surface area contributed by atoms with Crippen LogP contribution >= 0.6 is 12.4 Å². The molecule has 0 spiro atoms. The zero-order valence-corrected chi connectivity index (χ0v) is 15.2. The number of carbonyl (C=O) groups is 1. The Labute approximate surface area is 151 Å². The van der Waals surface area contributed by atoms with Crippen molar-refractivity contribution in [2.75, 3.05) is 24.7 Å². The topological polar surface area (TPSA) is 119 Å². The van der Waals surface area contributed by atoms with Gasteiger partial charge < -0.3 is 10.6 Å². The lowest BCUT2D eigenvalue weighted by Crippen LogP contribution is -2.55. The average molecular weight is 387 g/mol. The fourth-order valence-electron chi connectivity index (χ4n) is 2.85. The molecule has 1 fully saturated rings. The number of rotatable bonds is 4. The Morgan fingerprint density at radius 3 is 2.64 bits per heavy atom. The molecule has 1 aliphatic heterocycles. The predicted molar refractivity (Wildman–Crippen MR) is 94.7 cm³/mol. The number of carbonyl (C=O) groups excluding carboxylic acids is 1. The van der Waals surface area contributed by atoms with Crippen LogP contribution < -0.4 is 10.6 Å².